The van der Waals surface area contributed by atoms with E-state index < -0.39 is 0 Å². The predicted molar refractivity (Wildman–Crippen MR) is 137 cm³/mol. The second-order valence-electron chi connectivity index (χ2n) is 9.10. The van der Waals surface area contributed by atoms with Crippen LogP contribution < -0.4 is 20.3 Å². The van der Waals surface area contributed by atoms with E-state index in [-0.39, 0.29) is 5.75 Å². The van der Waals surface area contributed by atoms with E-state index in [0.717, 1.165) is 66.0 Å². The summed E-state index contributed by atoms with van der Waals surface area (Å²) in [5.41, 5.74) is 3.69. The van der Waals surface area contributed by atoms with Crippen molar-refractivity contribution in [3.8, 4) is 11.5 Å². The first-order valence-corrected chi connectivity index (χ1v) is 12.6. The summed E-state index contributed by atoms with van der Waals surface area (Å²) in [7, 11) is 5.73. The normalized spacial score (nSPS) is 20.5. The van der Waals surface area contributed by atoms with Gasteiger partial charge in [-0.25, -0.2) is 4.98 Å². The van der Waals surface area contributed by atoms with Crippen molar-refractivity contribution in [3.05, 3.63) is 32.5 Å². The molecule has 1 fully saturated rings. The van der Waals surface area contributed by atoms with E-state index in [4.69, 9.17) is 14.7 Å². The van der Waals surface area contributed by atoms with Crippen LogP contribution in [0.15, 0.2) is 12.1 Å². The third-order valence-electron chi connectivity index (χ3n) is 6.55. The highest BCUT2D eigenvalue weighted by Gasteiger charge is 2.24. The van der Waals surface area contributed by atoms with Gasteiger partial charge < -0.3 is 25.4 Å². The second-order valence-corrected chi connectivity index (χ2v) is 10.3. The van der Waals surface area contributed by atoms with Crippen LogP contribution in [-0.2, 0) is 19.4 Å². The first kappa shape index (κ1) is 23.4. The van der Waals surface area contributed by atoms with Gasteiger partial charge in [-0.3, -0.25) is 0 Å². The number of benzene rings is 1. The van der Waals surface area contributed by atoms with Crippen LogP contribution in [0.25, 0.3) is 0 Å². The van der Waals surface area contributed by atoms with Crippen molar-refractivity contribution in [2.24, 2.45) is 0 Å². The molecule has 8 heteroatoms. The third-order valence-corrected chi connectivity index (χ3v) is 7.37. The van der Waals surface area contributed by atoms with Crippen molar-refractivity contribution in [1.82, 2.24) is 15.3 Å². The number of aromatic hydroxyl groups is 1. The van der Waals surface area contributed by atoms with Gasteiger partial charge >= 0.3 is 0 Å². The Morgan fingerprint density at radius 2 is 1.81 bits per heavy atom. The summed E-state index contributed by atoms with van der Waals surface area (Å²) in [4.78, 5) is 11.9. The molecule has 1 aromatic carbocycles. The van der Waals surface area contributed by atoms with Crippen LogP contribution in [0, 0.1) is 3.57 Å². The first-order chi connectivity index (χ1) is 15.4. The van der Waals surface area contributed by atoms with Crippen LogP contribution in [0.1, 0.15) is 55.3 Å². The lowest BCUT2D eigenvalue weighted by Crippen LogP contribution is -2.37. The van der Waals surface area contributed by atoms with E-state index in [1.165, 1.54) is 24.1 Å². The minimum Gasteiger partial charge on any atom is -0.504 e. The maximum Gasteiger partial charge on any atom is 0.225 e. The highest BCUT2D eigenvalue weighted by Crippen LogP contribution is 2.33. The zero-order valence-electron chi connectivity index (χ0n) is 19.2. The Morgan fingerprint density at radius 1 is 1.09 bits per heavy atom. The molecule has 0 atom stereocenters. The molecule has 0 unspecified atom stereocenters. The maximum absolute atomic E-state index is 10.0. The SMILES string of the molecule is COc1cc(CN[C@H]2CC[C@@H](Nc3nc4c(c(N(C)C)n3)CCCC4)CC2)cc(I)c1O. The number of phenolic OH excluding ortho intramolecular Hbond substituents is 1. The molecule has 0 aliphatic heterocycles. The molecule has 0 spiro atoms. The fourth-order valence-corrected chi connectivity index (χ4v) is 5.45. The van der Waals surface area contributed by atoms with Crippen molar-refractivity contribution < 1.29 is 9.84 Å². The number of ether oxygens (including phenoxy) is 1. The summed E-state index contributed by atoms with van der Waals surface area (Å²) in [5.74, 6) is 2.61. The van der Waals surface area contributed by atoms with Crippen LogP contribution in [-0.4, -0.2) is 48.4 Å². The van der Waals surface area contributed by atoms with Gasteiger partial charge in [-0.05, 0) is 91.7 Å². The van der Waals surface area contributed by atoms with Gasteiger partial charge in [0.2, 0.25) is 5.95 Å². The number of aromatic nitrogens is 2. The molecule has 0 radical (unpaired) electrons. The molecule has 2 aliphatic carbocycles. The summed E-state index contributed by atoms with van der Waals surface area (Å²) in [6.45, 7) is 0.773. The summed E-state index contributed by atoms with van der Waals surface area (Å²) in [6, 6.07) is 4.83. The average Bonchev–Trinajstić information content (AvgIpc) is 2.80. The van der Waals surface area contributed by atoms with E-state index in [1.807, 2.05) is 12.1 Å². The Hall–Kier alpha value is -1.81. The number of fused-ring (bicyclic) bond motifs is 1. The zero-order chi connectivity index (χ0) is 22.7. The molecule has 2 aromatic rings. The fraction of sp³-hybridized carbons (Fsp3) is 0.583. The molecular weight excluding hydrogens is 517 g/mol. The monoisotopic (exact) mass is 551 g/mol. The number of hydrogen-bond acceptors (Lipinski definition) is 7. The highest BCUT2D eigenvalue weighted by atomic mass is 127. The molecular formula is C24H34IN5O2. The van der Waals surface area contributed by atoms with Gasteiger partial charge in [0.15, 0.2) is 11.5 Å². The number of phenols is 1. The van der Waals surface area contributed by atoms with E-state index in [2.05, 4.69) is 52.2 Å². The van der Waals surface area contributed by atoms with Crippen molar-refractivity contribution in [3.63, 3.8) is 0 Å². The third kappa shape index (κ3) is 5.39. The van der Waals surface area contributed by atoms with Gasteiger partial charge in [0.1, 0.15) is 5.82 Å². The number of nitrogens with zero attached hydrogens (tertiary/aromatic N) is 3. The molecule has 3 N–H and O–H groups in total. The molecule has 1 heterocycles. The lowest BCUT2D eigenvalue weighted by molar-refractivity contribution is 0.350. The molecule has 7 nitrogen and oxygen atoms in total. The van der Waals surface area contributed by atoms with Crippen molar-refractivity contribution in [2.45, 2.75) is 70.0 Å². The number of aryl methyl sites for hydroxylation is 1. The topological polar surface area (TPSA) is 82.5 Å². The average molecular weight is 551 g/mol. The van der Waals surface area contributed by atoms with Crippen LogP contribution in [0.5, 0.6) is 11.5 Å². The zero-order valence-corrected chi connectivity index (χ0v) is 21.4. The lowest BCUT2D eigenvalue weighted by Gasteiger charge is -2.30. The smallest absolute Gasteiger partial charge is 0.225 e. The van der Waals surface area contributed by atoms with Crippen molar-refractivity contribution in [1.29, 1.82) is 0 Å². The van der Waals surface area contributed by atoms with Gasteiger partial charge in [-0.1, -0.05) is 0 Å². The minimum absolute atomic E-state index is 0.213. The molecule has 0 saturated heterocycles. The van der Waals surface area contributed by atoms with E-state index in [0.29, 0.717) is 17.8 Å². The van der Waals surface area contributed by atoms with Crippen LogP contribution >= 0.6 is 22.6 Å². The summed E-state index contributed by atoms with van der Waals surface area (Å²) >= 11 is 2.14. The Kier molecular flexibility index (Phi) is 7.60. The molecule has 2 aliphatic rings. The van der Waals surface area contributed by atoms with Gasteiger partial charge in [-0.2, -0.15) is 4.98 Å². The van der Waals surface area contributed by atoms with E-state index >= 15 is 0 Å². The summed E-state index contributed by atoms with van der Waals surface area (Å²) in [5, 5.41) is 17.3. The second kappa shape index (κ2) is 10.4. The number of halogens is 1. The molecule has 0 bridgehead atoms. The number of hydrogen-bond donors (Lipinski definition) is 3. The van der Waals surface area contributed by atoms with Gasteiger partial charge in [0.25, 0.3) is 0 Å². The van der Waals surface area contributed by atoms with Crippen molar-refractivity contribution >= 4 is 34.4 Å². The van der Waals surface area contributed by atoms with Gasteiger partial charge in [0.05, 0.1) is 16.4 Å². The Labute approximate surface area is 204 Å². The molecule has 1 aromatic heterocycles. The van der Waals surface area contributed by atoms with Crippen LogP contribution in [0.2, 0.25) is 0 Å². The van der Waals surface area contributed by atoms with Crippen molar-refractivity contribution in [2.75, 3.05) is 31.4 Å². The van der Waals surface area contributed by atoms with Gasteiger partial charge in [0, 0.05) is 38.3 Å². The highest BCUT2D eigenvalue weighted by molar-refractivity contribution is 14.1. The van der Waals surface area contributed by atoms with Gasteiger partial charge in [-0.15, -0.1) is 0 Å². The molecule has 32 heavy (non-hydrogen) atoms. The Morgan fingerprint density at radius 3 is 2.53 bits per heavy atom. The Balaban J connectivity index is 1.32. The molecule has 0 amide bonds. The fourth-order valence-electron chi connectivity index (χ4n) is 4.78. The lowest BCUT2D eigenvalue weighted by atomic mass is 9.91. The summed E-state index contributed by atoms with van der Waals surface area (Å²) in [6.07, 6.45) is 9.05. The summed E-state index contributed by atoms with van der Waals surface area (Å²) < 4.78 is 6.09. The van der Waals surface area contributed by atoms with E-state index in [1.54, 1.807) is 7.11 Å². The van der Waals surface area contributed by atoms with E-state index in [9.17, 15) is 5.11 Å². The molecule has 1 saturated carbocycles. The molecule has 174 valence electrons. The maximum atomic E-state index is 10.0. The predicted octanol–water partition coefficient (Wildman–Crippen LogP) is 4.25. The molecule has 4 rings (SSSR count). The standard InChI is InChI=1S/C24H34IN5O2/c1-30(2)23-18-6-4-5-7-20(18)28-24(29-23)27-17-10-8-16(9-11-17)26-14-15-12-19(25)22(31)21(13-15)32-3/h12-13,16-17,26,31H,4-11,14H2,1-3H3,(H,27,28,29)/t16-,17+. The van der Waals surface area contributed by atoms with Crippen LogP contribution in [0.3, 0.4) is 0 Å². The number of anilines is 2. The first-order valence-electron chi connectivity index (χ1n) is 11.6. The number of rotatable bonds is 7. The number of nitrogens with one attached hydrogen (secondary N) is 2. The minimum atomic E-state index is 0.213. The Bertz CT molecular complexity index is 944. The quantitative estimate of drug-likeness (QED) is 0.444. The number of methoxy groups -OCH3 is 1. The van der Waals surface area contributed by atoms with Crippen LogP contribution in [0.4, 0.5) is 11.8 Å². The largest absolute Gasteiger partial charge is 0.504 e.